The number of thiophene rings is 2. The van der Waals surface area contributed by atoms with Gasteiger partial charge in [-0.25, -0.2) is 0 Å². The van der Waals surface area contributed by atoms with Crippen LogP contribution in [0.15, 0.2) is 41.1 Å². The summed E-state index contributed by atoms with van der Waals surface area (Å²) in [6.07, 6.45) is 1.84. The van der Waals surface area contributed by atoms with Crippen LogP contribution in [0, 0.1) is 0 Å². The predicted octanol–water partition coefficient (Wildman–Crippen LogP) is 3.13. The number of rotatable bonds is 5. The number of aryl methyl sites for hydroxylation is 1. The Morgan fingerprint density at radius 2 is 1.81 bits per heavy atom. The molecule has 0 radical (unpaired) electrons. The number of hydrogen-bond acceptors (Lipinski definition) is 6. The lowest BCUT2D eigenvalue weighted by Gasteiger charge is -2.25. The van der Waals surface area contributed by atoms with Crippen molar-refractivity contribution >= 4 is 57.6 Å². The summed E-state index contributed by atoms with van der Waals surface area (Å²) in [7, 11) is 0. The quantitative estimate of drug-likeness (QED) is 0.447. The maximum absolute atomic E-state index is 12.4. The first kappa shape index (κ1) is 20.6. The Morgan fingerprint density at radius 1 is 1.00 bits per heavy atom. The number of nitrogens with one attached hydrogen (secondary N) is 2. The average molecular weight is 466 g/mol. The summed E-state index contributed by atoms with van der Waals surface area (Å²) in [5, 5.41) is 8.93. The van der Waals surface area contributed by atoms with Crippen molar-refractivity contribution in [2.24, 2.45) is 0 Å². The Hall–Kier alpha value is -3.30. The Bertz CT molecular complexity index is 1250. The third kappa shape index (κ3) is 3.85. The van der Waals surface area contributed by atoms with Gasteiger partial charge in [0.15, 0.2) is 0 Å². The highest BCUT2D eigenvalue weighted by Gasteiger charge is 2.31. The van der Waals surface area contributed by atoms with Crippen LogP contribution in [0.4, 0.5) is 11.4 Å². The molecule has 2 aliphatic heterocycles. The molecule has 32 heavy (non-hydrogen) atoms. The second kappa shape index (κ2) is 8.33. The standard InChI is InChI=1S/C23H19N3O4S2/c27-19-4-1-13-9-16(10-14-5-7-26(19)20(13)14)25-23(30)22(29)24-11-17-2-3-18(32-17)21(28)15-6-8-31-12-15/h2-3,6,8-10,12H,1,4-5,7,11H2,(H,24,29)(H,25,30). The number of ketones is 1. The fourth-order valence-corrected chi connectivity index (χ4v) is 5.64. The summed E-state index contributed by atoms with van der Waals surface area (Å²) in [5.74, 6) is -1.39. The maximum Gasteiger partial charge on any atom is 0.313 e. The van der Waals surface area contributed by atoms with Gasteiger partial charge in [-0.3, -0.25) is 19.2 Å². The summed E-state index contributed by atoms with van der Waals surface area (Å²) >= 11 is 2.76. The maximum atomic E-state index is 12.4. The Morgan fingerprint density at radius 3 is 2.59 bits per heavy atom. The summed E-state index contributed by atoms with van der Waals surface area (Å²) in [6.45, 7) is 0.830. The second-order valence-electron chi connectivity index (χ2n) is 7.68. The van der Waals surface area contributed by atoms with E-state index in [9.17, 15) is 19.2 Å². The third-order valence-electron chi connectivity index (χ3n) is 5.61. The highest BCUT2D eigenvalue weighted by Crippen LogP contribution is 2.38. The highest BCUT2D eigenvalue weighted by molar-refractivity contribution is 7.14. The van der Waals surface area contributed by atoms with Gasteiger partial charge in [0.2, 0.25) is 11.7 Å². The van der Waals surface area contributed by atoms with Gasteiger partial charge in [0.1, 0.15) is 0 Å². The van der Waals surface area contributed by atoms with E-state index in [1.165, 1.54) is 22.7 Å². The lowest BCUT2D eigenvalue weighted by Crippen LogP contribution is -2.35. The van der Waals surface area contributed by atoms with E-state index >= 15 is 0 Å². The molecular weight excluding hydrogens is 446 g/mol. The zero-order valence-electron chi connectivity index (χ0n) is 17.0. The van der Waals surface area contributed by atoms with E-state index in [1.54, 1.807) is 23.6 Å². The molecule has 0 unspecified atom stereocenters. The topological polar surface area (TPSA) is 95.6 Å². The lowest BCUT2D eigenvalue weighted by atomic mass is 9.98. The van der Waals surface area contributed by atoms with Crippen LogP contribution in [0.1, 0.15) is 37.7 Å². The van der Waals surface area contributed by atoms with E-state index in [2.05, 4.69) is 10.6 Å². The van der Waals surface area contributed by atoms with Gasteiger partial charge >= 0.3 is 11.8 Å². The lowest BCUT2D eigenvalue weighted by molar-refractivity contribution is -0.136. The van der Waals surface area contributed by atoms with Gasteiger partial charge in [0.05, 0.1) is 17.1 Å². The smallest absolute Gasteiger partial charge is 0.313 e. The highest BCUT2D eigenvalue weighted by atomic mass is 32.1. The number of amides is 3. The van der Waals surface area contributed by atoms with Crippen molar-refractivity contribution in [2.45, 2.75) is 25.8 Å². The molecule has 0 spiro atoms. The van der Waals surface area contributed by atoms with E-state index < -0.39 is 11.8 Å². The van der Waals surface area contributed by atoms with Gasteiger partial charge in [0.25, 0.3) is 0 Å². The predicted molar refractivity (Wildman–Crippen MR) is 123 cm³/mol. The Labute approximate surface area is 192 Å². The van der Waals surface area contributed by atoms with Crippen LogP contribution in [-0.2, 0) is 33.8 Å². The van der Waals surface area contributed by atoms with Crippen LogP contribution in [0.3, 0.4) is 0 Å². The van der Waals surface area contributed by atoms with Crippen molar-refractivity contribution < 1.29 is 19.2 Å². The number of anilines is 2. The molecule has 162 valence electrons. The van der Waals surface area contributed by atoms with Crippen molar-refractivity contribution in [1.82, 2.24) is 5.32 Å². The molecule has 0 atom stereocenters. The van der Waals surface area contributed by atoms with Crippen LogP contribution in [0.5, 0.6) is 0 Å². The van der Waals surface area contributed by atoms with Crippen molar-refractivity contribution in [3.05, 3.63) is 67.5 Å². The van der Waals surface area contributed by atoms with Gasteiger partial charge < -0.3 is 15.5 Å². The van der Waals surface area contributed by atoms with E-state index in [4.69, 9.17) is 0 Å². The molecule has 0 saturated carbocycles. The van der Waals surface area contributed by atoms with E-state index in [0.29, 0.717) is 35.5 Å². The van der Waals surface area contributed by atoms with Gasteiger partial charge in [-0.05, 0) is 59.7 Å². The van der Waals surface area contributed by atoms with Crippen molar-refractivity contribution in [2.75, 3.05) is 16.8 Å². The summed E-state index contributed by atoms with van der Waals surface area (Å²) in [4.78, 5) is 52.3. The molecule has 0 bridgehead atoms. The molecule has 2 N–H and O–H groups in total. The number of benzene rings is 1. The zero-order valence-corrected chi connectivity index (χ0v) is 18.6. The van der Waals surface area contributed by atoms with Gasteiger partial charge in [-0.1, -0.05) is 0 Å². The molecule has 2 aliphatic rings. The van der Waals surface area contributed by atoms with Crippen LogP contribution in [-0.4, -0.2) is 30.0 Å². The van der Waals surface area contributed by atoms with E-state index in [0.717, 1.165) is 28.1 Å². The van der Waals surface area contributed by atoms with Gasteiger partial charge in [0, 0.05) is 34.5 Å². The number of hydrogen-bond donors (Lipinski definition) is 2. The Balaban J connectivity index is 1.20. The van der Waals surface area contributed by atoms with E-state index in [1.807, 2.05) is 22.4 Å². The largest absolute Gasteiger partial charge is 0.343 e. The average Bonchev–Trinajstić information content (AvgIpc) is 3.55. The zero-order chi connectivity index (χ0) is 22.2. The number of carbonyl (C=O) groups excluding carboxylic acids is 4. The fourth-order valence-electron chi connectivity index (χ4n) is 4.10. The molecule has 9 heteroatoms. The summed E-state index contributed by atoms with van der Waals surface area (Å²) < 4.78 is 0. The molecule has 2 aromatic heterocycles. The first-order valence-corrected chi connectivity index (χ1v) is 12.0. The molecule has 1 aromatic carbocycles. The van der Waals surface area contributed by atoms with E-state index in [-0.39, 0.29) is 18.2 Å². The molecule has 3 amide bonds. The van der Waals surface area contributed by atoms with Gasteiger partial charge in [-0.15, -0.1) is 11.3 Å². The normalized spacial score (nSPS) is 14.2. The summed E-state index contributed by atoms with van der Waals surface area (Å²) in [5.41, 5.74) is 4.22. The minimum absolute atomic E-state index is 0.0487. The third-order valence-corrected chi connectivity index (χ3v) is 7.38. The summed E-state index contributed by atoms with van der Waals surface area (Å²) in [6, 6.07) is 8.97. The second-order valence-corrected chi connectivity index (χ2v) is 9.63. The Kier molecular flexibility index (Phi) is 5.36. The van der Waals surface area contributed by atoms with Crippen molar-refractivity contribution in [1.29, 1.82) is 0 Å². The fraction of sp³-hybridized carbons (Fsp3) is 0.217. The van der Waals surface area contributed by atoms with Crippen LogP contribution >= 0.6 is 22.7 Å². The molecule has 0 saturated heterocycles. The first-order valence-electron chi connectivity index (χ1n) is 10.2. The van der Waals surface area contributed by atoms with Crippen LogP contribution in [0.25, 0.3) is 0 Å². The molecular formula is C23H19N3O4S2. The van der Waals surface area contributed by atoms with Crippen LogP contribution in [0.2, 0.25) is 0 Å². The van der Waals surface area contributed by atoms with Crippen molar-refractivity contribution in [3.63, 3.8) is 0 Å². The minimum Gasteiger partial charge on any atom is -0.343 e. The van der Waals surface area contributed by atoms with Gasteiger partial charge in [-0.2, -0.15) is 11.3 Å². The van der Waals surface area contributed by atoms with Crippen LogP contribution < -0.4 is 15.5 Å². The molecule has 3 aromatic rings. The minimum atomic E-state index is -0.745. The number of nitrogens with zero attached hydrogens (tertiary/aromatic N) is 1. The van der Waals surface area contributed by atoms with Crippen molar-refractivity contribution in [3.8, 4) is 0 Å². The number of carbonyl (C=O) groups is 4. The molecule has 0 aliphatic carbocycles. The monoisotopic (exact) mass is 465 g/mol. The SMILES string of the molecule is O=C(NCc1ccc(C(=O)c2ccsc2)s1)C(=O)Nc1cc2c3c(c1)CCN3C(=O)CC2. The molecule has 4 heterocycles. The molecule has 0 fully saturated rings. The molecule has 7 nitrogen and oxygen atoms in total. The first-order chi connectivity index (χ1) is 15.5. The molecule has 5 rings (SSSR count).